The summed E-state index contributed by atoms with van der Waals surface area (Å²) >= 11 is 0. The van der Waals surface area contributed by atoms with Crippen molar-refractivity contribution in [1.82, 2.24) is 4.90 Å². The molecule has 0 atom stereocenters. The Morgan fingerprint density at radius 2 is 1.86 bits per heavy atom. The molecule has 0 N–H and O–H groups in total. The molecule has 1 saturated heterocycles. The maximum absolute atomic E-state index is 5.65. The van der Waals surface area contributed by atoms with Crippen molar-refractivity contribution in [2.24, 2.45) is 0 Å². The Morgan fingerprint density at radius 3 is 2.36 bits per heavy atom. The van der Waals surface area contributed by atoms with Crippen LogP contribution in [0, 0.1) is 0 Å². The topological polar surface area (TPSA) is 12.5 Å². The first-order valence-corrected chi connectivity index (χ1v) is 6.10. The maximum atomic E-state index is 5.65. The summed E-state index contributed by atoms with van der Waals surface area (Å²) in [6.07, 6.45) is 7.29. The Labute approximate surface area is 87.6 Å². The van der Waals surface area contributed by atoms with Gasteiger partial charge < -0.3 is 4.74 Å². The number of hydrogen-bond acceptors (Lipinski definition) is 2. The second kappa shape index (κ2) is 4.19. The summed E-state index contributed by atoms with van der Waals surface area (Å²) in [6.45, 7) is 7.86. The first kappa shape index (κ1) is 10.4. The fraction of sp³-hybridized carbons (Fsp3) is 1.00. The third-order valence-electron chi connectivity index (χ3n) is 3.62. The highest BCUT2D eigenvalue weighted by molar-refractivity contribution is 5.04. The Kier molecular flexibility index (Phi) is 3.13. The van der Waals surface area contributed by atoms with E-state index in [1.54, 1.807) is 0 Å². The van der Waals surface area contributed by atoms with Crippen LogP contribution in [0.15, 0.2) is 0 Å². The zero-order valence-corrected chi connectivity index (χ0v) is 9.59. The molecule has 0 aromatic carbocycles. The van der Waals surface area contributed by atoms with E-state index in [4.69, 9.17) is 4.74 Å². The van der Waals surface area contributed by atoms with Gasteiger partial charge in [0.2, 0.25) is 0 Å². The minimum absolute atomic E-state index is 0.393. The van der Waals surface area contributed by atoms with Crippen molar-refractivity contribution in [3.8, 4) is 0 Å². The molecule has 1 saturated carbocycles. The zero-order chi connectivity index (χ0) is 10.0. The van der Waals surface area contributed by atoms with Crippen molar-refractivity contribution >= 4 is 0 Å². The van der Waals surface area contributed by atoms with E-state index in [9.17, 15) is 0 Å². The number of likely N-dealkylation sites (tertiary alicyclic amines) is 1. The van der Waals surface area contributed by atoms with Crippen molar-refractivity contribution in [2.45, 2.75) is 57.6 Å². The number of ether oxygens (including phenoxy) is 1. The van der Waals surface area contributed by atoms with Gasteiger partial charge in [-0.25, -0.2) is 0 Å². The predicted octanol–water partition coefficient (Wildman–Crippen LogP) is 2.43. The lowest BCUT2D eigenvalue weighted by Gasteiger charge is -2.27. The number of rotatable bonds is 5. The van der Waals surface area contributed by atoms with Gasteiger partial charge in [-0.05, 0) is 59.0 Å². The molecule has 2 nitrogen and oxygen atoms in total. The third kappa shape index (κ3) is 2.29. The standard InChI is InChI=1S/C12H23NO/c1-11(2)14-10-7-12(5-6-12)13-8-3-4-9-13/h11H,3-10H2,1-2H3. The molecular formula is C12H23NO. The van der Waals surface area contributed by atoms with Crippen molar-refractivity contribution in [1.29, 1.82) is 0 Å². The molecular weight excluding hydrogens is 174 g/mol. The fourth-order valence-electron chi connectivity index (χ4n) is 2.54. The molecule has 0 spiro atoms. The first-order chi connectivity index (χ1) is 6.73. The quantitative estimate of drug-likeness (QED) is 0.671. The average Bonchev–Trinajstić information content (AvgIpc) is 2.73. The number of nitrogens with zero attached hydrogens (tertiary/aromatic N) is 1. The Hall–Kier alpha value is -0.0800. The molecule has 2 aliphatic rings. The highest BCUT2D eigenvalue weighted by Crippen LogP contribution is 2.46. The summed E-state index contributed by atoms with van der Waals surface area (Å²) in [4.78, 5) is 2.71. The van der Waals surface area contributed by atoms with Gasteiger partial charge in [-0.3, -0.25) is 4.90 Å². The molecule has 1 aliphatic carbocycles. The van der Waals surface area contributed by atoms with E-state index in [2.05, 4.69) is 18.7 Å². The molecule has 0 aromatic rings. The van der Waals surface area contributed by atoms with Crippen LogP contribution in [0.2, 0.25) is 0 Å². The molecule has 0 radical (unpaired) electrons. The lowest BCUT2D eigenvalue weighted by molar-refractivity contribution is 0.0556. The third-order valence-corrected chi connectivity index (χ3v) is 3.62. The molecule has 0 amide bonds. The van der Waals surface area contributed by atoms with Crippen molar-refractivity contribution in [3.63, 3.8) is 0 Å². The lowest BCUT2D eigenvalue weighted by atomic mass is 10.1. The molecule has 1 aliphatic heterocycles. The van der Waals surface area contributed by atoms with Gasteiger partial charge in [0.1, 0.15) is 0 Å². The molecule has 2 rings (SSSR count). The summed E-state index contributed by atoms with van der Waals surface area (Å²) in [6, 6.07) is 0. The second-order valence-corrected chi connectivity index (χ2v) is 5.09. The summed E-state index contributed by atoms with van der Waals surface area (Å²) in [5, 5.41) is 0. The van der Waals surface area contributed by atoms with E-state index >= 15 is 0 Å². The summed E-state index contributed by atoms with van der Waals surface area (Å²) in [5.74, 6) is 0. The zero-order valence-electron chi connectivity index (χ0n) is 9.59. The SMILES string of the molecule is CC(C)OCCC1(N2CCCC2)CC1. The van der Waals surface area contributed by atoms with Crippen LogP contribution in [0.25, 0.3) is 0 Å². The van der Waals surface area contributed by atoms with E-state index < -0.39 is 0 Å². The first-order valence-electron chi connectivity index (χ1n) is 6.10. The largest absolute Gasteiger partial charge is 0.379 e. The van der Waals surface area contributed by atoms with Crippen molar-refractivity contribution < 1.29 is 4.74 Å². The van der Waals surface area contributed by atoms with E-state index in [1.807, 2.05) is 0 Å². The van der Waals surface area contributed by atoms with E-state index in [0.29, 0.717) is 11.6 Å². The van der Waals surface area contributed by atoms with Gasteiger partial charge in [0.25, 0.3) is 0 Å². The maximum Gasteiger partial charge on any atom is 0.0518 e. The van der Waals surface area contributed by atoms with Crippen LogP contribution in [-0.2, 0) is 4.74 Å². The fourth-order valence-corrected chi connectivity index (χ4v) is 2.54. The summed E-state index contributed by atoms with van der Waals surface area (Å²) in [7, 11) is 0. The van der Waals surface area contributed by atoms with Gasteiger partial charge >= 0.3 is 0 Å². The van der Waals surface area contributed by atoms with Crippen LogP contribution >= 0.6 is 0 Å². The molecule has 2 fully saturated rings. The highest BCUT2D eigenvalue weighted by atomic mass is 16.5. The van der Waals surface area contributed by atoms with Crippen molar-refractivity contribution in [3.05, 3.63) is 0 Å². The van der Waals surface area contributed by atoms with Crippen LogP contribution < -0.4 is 0 Å². The number of hydrogen-bond donors (Lipinski definition) is 0. The van der Waals surface area contributed by atoms with Gasteiger partial charge in [0, 0.05) is 12.1 Å². The van der Waals surface area contributed by atoms with Gasteiger partial charge in [-0.2, -0.15) is 0 Å². The van der Waals surface area contributed by atoms with Crippen LogP contribution in [0.4, 0.5) is 0 Å². The van der Waals surface area contributed by atoms with E-state index in [-0.39, 0.29) is 0 Å². The lowest BCUT2D eigenvalue weighted by Crippen LogP contribution is -2.35. The molecule has 0 bridgehead atoms. The van der Waals surface area contributed by atoms with Crippen LogP contribution in [0.3, 0.4) is 0 Å². The van der Waals surface area contributed by atoms with Gasteiger partial charge in [0.15, 0.2) is 0 Å². The van der Waals surface area contributed by atoms with Crippen LogP contribution in [0.5, 0.6) is 0 Å². The van der Waals surface area contributed by atoms with Gasteiger partial charge in [-0.15, -0.1) is 0 Å². The smallest absolute Gasteiger partial charge is 0.0518 e. The average molecular weight is 197 g/mol. The van der Waals surface area contributed by atoms with E-state index in [1.165, 1.54) is 45.2 Å². The minimum Gasteiger partial charge on any atom is -0.379 e. The summed E-state index contributed by atoms with van der Waals surface area (Å²) in [5.41, 5.74) is 0.575. The summed E-state index contributed by atoms with van der Waals surface area (Å²) < 4.78 is 5.65. The van der Waals surface area contributed by atoms with Gasteiger partial charge in [0.05, 0.1) is 6.10 Å². The van der Waals surface area contributed by atoms with Gasteiger partial charge in [-0.1, -0.05) is 0 Å². The molecule has 2 heteroatoms. The van der Waals surface area contributed by atoms with E-state index in [0.717, 1.165) is 6.61 Å². The molecule has 0 unspecified atom stereocenters. The normalized spacial score (nSPS) is 25.9. The monoisotopic (exact) mass is 197 g/mol. The molecule has 0 aromatic heterocycles. The Balaban J connectivity index is 1.73. The predicted molar refractivity (Wildman–Crippen MR) is 58.5 cm³/mol. The highest BCUT2D eigenvalue weighted by Gasteiger charge is 2.47. The second-order valence-electron chi connectivity index (χ2n) is 5.09. The molecule has 82 valence electrons. The molecule has 1 heterocycles. The van der Waals surface area contributed by atoms with Crippen LogP contribution in [-0.4, -0.2) is 36.2 Å². The minimum atomic E-state index is 0.393. The van der Waals surface area contributed by atoms with Crippen LogP contribution in [0.1, 0.15) is 46.0 Å². The Morgan fingerprint density at radius 1 is 1.21 bits per heavy atom. The Bertz CT molecular complexity index is 181. The van der Waals surface area contributed by atoms with Crippen molar-refractivity contribution in [2.75, 3.05) is 19.7 Å². The molecule has 14 heavy (non-hydrogen) atoms.